The second-order valence-electron chi connectivity index (χ2n) is 5.53. The standard InChI is InChI=1S/C19H18N2O3S2/c22-17(20-10-4-8-14-6-2-1-3-7-14)12-24-19(23)15-13-26-18(21-15)16-9-5-11-25-16/h1-3,5-7,9,11,13H,4,8,10,12H2,(H,20,22). The van der Waals surface area contributed by atoms with Gasteiger partial charge in [-0.05, 0) is 29.9 Å². The van der Waals surface area contributed by atoms with Crippen LogP contribution in [0.4, 0.5) is 0 Å². The van der Waals surface area contributed by atoms with Gasteiger partial charge in [0.25, 0.3) is 5.91 Å². The molecule has 0 aliphatic carbocycles. The molecule has 0 radical (unpaired) electrons. The molecule has 0 atom stereocenters. The van der Waals surface area contributed by atoms with Crippen molar-refractivity contribution in [2.45, 2.75) is 12.8 Å². The topological polar surface area (TPSA) is 68.3 Å². The van der Waals surface area contributed by atoms with Gasteiger partial charge < -0.3 is 10.1 Å². The lowest BCUT2D eigenvalue weighted by Crippen LogP contribution is -2.29. The van der Waals surface area contributed by atoms with Crippen molar-refractivity contribution in [2.24, 2.45) is 0 Å². The molecule has 0 aliphatic heterocycles. The number of carbonyl (C=O) groups excluding carboxylic acids is 2. The molecule has 3 aromatic rings. The number of nitrogens with one attached hydrogen (secondary N) is 1. The summed E-state index contributed by atoms with van der Waals surface area (Å²) in [6.07, 6.45) is 1.73. The van der Waals surface area contributed by atoms with Gasteiger partial charge in [0.2, 0.25) is 0 Å². The number of thiophene rings is 1. The summed E-state index contributed by atoms with van der Waals surface area (Å²) in [5.74, 6) is -0.886. The summed E-state index contributed by atoms with van der Waals surface area (Å²) < 4.78 is 5.03. The predicted octanol–water partition coefficient (Wildman–Crippen LogP) is 3.78. The number of hydrogen-bond acceptors (Lipinski definition) is 6. The van der Waals surface area contributed by atoms with Crippen LogP contribution in [-0.2, 0) is 16.0 Å². The van der Waals surface area contributed by atoms with E-state index >= 15 is 0 Å². The normalized spacial score (nSPS) is 10.5. The molecule has 0 unspecified atom stereocenters. The highest BCUT2D eigenvalue weighted by Gasteiger charge is 2.15. The Morgan fingerprint density at radius 1 is 1.08 bits per heavy atom. The van der Waals surface area contributed by atoms with Crippen molar-refractivity contribution in [2.75, 3.05) is 13.2 Å². The molecule has 0 fully saturated rings. The van der Waals surface area contributed by atoms with E-state index < -0.39 is 5.97 Å². The highest BCUT2D eigenvalue weighted by Crippen LogP contribution is 2.27. The molecule has 1 N–H and O–H groups in total. The molecule has 0 aliphatic rings. The molecular formula is C19H18N2O3S2. The van der Waals surface area contributed by atoms with Crippen molar-refractivity contribution in [3.05, 3.63) is 64.5 Å². The van der Waals surface area contributed by atoms with Crippen LogP contribution in [0.1, 0.15) is 22.5 Å². The third-order valence-electron chi connectivity index (χ3n) is 3.59. The molecular weight excluding hydrogens is 368 g/mol. The first-order valence-electron chi connectivity index (χ1n) is 8.19. The Kier molecular flexibility index (Phi) is 6.51. The summed E-state index contributed by atoms with van der Waals surface area (Å²) in [5.41, 5.74) is 1.47. The van der Waals surface area contributed by atoms with Crippen LogP contribution in [0.2, 0.25) is 0 Å². The van der Waals surface area contributed by atoms with E-state index in [1.54, 1.807) is 16.7 Å². The lowest BCUT2D eigenvalue weighted by atomic mass is 10.1. The largest absolute Gasteiger partial charge is 0.451 e. The van der Waals surface area contributed by atoms with Gasteiger partial charge in [-0.1, -0.05) is 36.4 Å². The maximum absolute atomic E-state index is 12.0. The summed E-state index contributed by atoms with van der Waals surface area (Å²) >= 11 is 2.94. The fourth-order valence-corrected chi connectivity index (χ4v) is 3.91. The number of carbonyl (C=O) groups is 2. The Morgan fingerprint density at radius 2 is 1.92 bits per heavy atom. The quantitative estimate of drug-likeness (QED) is 0.473. The van der Waals surface area contributed by atoms with E-state index in [4.69, 9.17) is 4.74 Å². The van der Waals surface area contributed by atoms with E-state index in [1.165, 1.54) is 16.9 Å². The van der Waals surface area contributed by atoms with Crippen LogP contribution in [0.25, 0.3) is 9.88 Å². The Bertz CT molecular complexity index is 845. The summed E-state index contributed by atoms with van der Waals surface area (Å²) in [4.78, 5) is 29.0. The van der Waals surface area contributed by atoms with Gasteiger partial charge in [0.1, 0.15) is 5.01 Å². The zero-order valence-electron chi connectivity index (χ0n) is 14.0. The number of aromatic nitrogens is 1. The number of rotatable bonds is 8. The van der Waals surface area contributed by atoms with Crippen LogP contribution < -0.4 is 5.32 Å². The van der Waals surface area contributed by atoms with Crippen molar-refractivity contribution in [3.63, 3.8) is 0 Å². The Morgan fingerprint density at radius 3 is 2.69 bits per heavy atom. The molecule has 1 amide bonds. The second-order valence-corrected chi connectivity index (χ2v) is 7.34. The highest BCUT2D eigenvalue weighted by atomic mass is 32.1. The molecule has 3 rings (SSSR count). The summed E-state index contributed by atoms with van der Waals surface area (Å²) in [6, 6.07) is 14.0. The maximum Gasteiger partial charge on any atom is 0.358 e. The first-order valence-corrected chi connectivity index (χ1v) is 9.95. The van der Waals surface area contributed by atoms with Crippen LogP contribution in [0, 0.1) is 0 Å². The first-order chi connectivity index (χ1) is 12.7. The molecule has 7 heteroatoms. The van der Waals surface area contributed by atoms with E-state index in [0.29, 0.717) is 6.54 Å². The van der Waals surface area contributed by atoms with E-state index in [9.17, 15) is 9.59 Å². The lowest BCUT2D eigenvalue weighted by Gasteiger charge is -2.06. The number of amides is 1. The van der Waals surface area contributed by atoms with E-state index in [-0.39, 0.29) is 18.2 Å². The number of benzene rings is 1. The van der Waals surface area contributed by atoms with E-state index in [2.05, 4.69) is 22.4 Å². The van der Waals surface area contributed by atoms with Crippen molar-refractivity contribution >= 4 is 34.6 Å². The number of nitrogens with zero attached hydrogens (tertiary/aromatic N) is 1. The lowest BCUT2D eigenvalue weighted by molar-refractivity contribution is -0.124. The summed E-state index contributed by atoms with van der Waals surface area (Å²) in [6.45, 7) is 0.251. The van der Waals surface area contributed by atoms with Gasteiger partial charge in [0, 0.05) is 11.9 Å². The average molecular weight is 386 g/mol. The zero-order valence-corrected chi connectivity index (χ0v) is 15.6. The minimum absolute atomic E-state index is 0.232. The molecule has 2 aromatic heterocycles. The van der Waals surface area contributed by atoms with Gasteiger partial charge in [-0.3, -0.25) is 4.79 Å². The minimum Gasteiger partial charge on any atom is -0.451 e. The highest BCUT2D eigenvalue weighted by molar-refractivity contribution is 7.20. The third-order valence-corrected chi connectivity index (χ3v) is 5.47. The number of thiazole rings is 1. The van der Waals surface area contributed by atoms with Gasteiger partial charge in [-0.2, -0.15) is 0 Å². The molecule has 5 nitrogen and oxygen atoms in total. The average Bonchev–Trinajstić information content (AvgIpc) is 3.35. The Hall–Kier alpha value is -2.51. The van der Waals surface area contributed by atoms with Crippen LogP contribution >= 0.6 is 22.7 Å². The van der Waals surface area contributed by atoms with Gasteiger partial charge in [-0.25, -0.2) is 9.78 Å². The molecule has 0 spiro atoms. The van der Waals surface area contributed by atoms with E-state index in [0.717, 1.165) is 22.7 Å². The molecule has 0 bridgehead atoms. The van der Waals surface area contributed by atoms with Crippen molar-refractivity contribution in [3.8, 4) is 9.88 Å². The maximum atomic E-state index is 12.0. The third kappa shape index (κ3) is 5.24. The molecule has 134 valence electrons. The molecule has 26 heavy (non-hydrogen) atoms. The monoisotopic (exact) mass is 386 g/mol. The molecule has 0 saturated heterocycles. The Balaban J connectivity index is 1.37. The van der Waals surface area contributed by atoms with Gasteiger partial charge in [-0.15, -0.1) is 22.7 Å². The summed E-state index contributed by atoms with van der Waals surface area (Å²) in [7, 11) is 0. The predicted molar refractivity (Wildman–Crippen MR) is 103 cm³/mol. The number of hydrogen-bond donors (Lipinski definition) is 1. The zero-order chi connectivity index (χ0) is 18.2. The van der Waals surface area contributed by atoms with E-state index in [1.807, 2.05) is 35.7 Å². The second kappa shape index (κ2) is 9.26. The fraction of sp³-hybridized carbons (Fsp3) is 0.211. The smallest absolute Gasteiger partial charge is 0.358 e. The molecule has 0 saturated carbocycles. The number of esters is 1. The fourth-order valence-electron chi connectivity index (χ4n) is 2.30. The van der Waals surface area contributed by atoms with Gasteiger partial charge in [0.05, 0.1) is 4.88 Å². The van der Waals surface area contributed by atoms with Crippen LogP contribution in [0.3, 0.4) is 0 Å². The van der Waals surface area contributed by atoms with Gasteiger partial charge in [0.15, 0.2) is 12.3 Å². The SMILES string of the molecule is O=C(COC(=O)c1csc(-c2cccs2)n1)NCCCc1ccccc1. The van der Waals surface area contributed by atoms with Crippen LogP contribution in [-0.4, -0.2) is 30.0 Å². The molecule has 2 heterocycles. The van der Waals surface area contributed by atoms with Crippen LogP contribution in [0.15, 0.2) is 53.2 Å². The van der Waals surface area contributed by atoms with Crippen LogP contribution in [0.5, 0.6) is 0 Å². The van der Waals surface area contributed by atoms with Crippen molar-refractivity contribution < 1.29 is 14.3 Å². The number of ether oxygens (including phenoxy) is 1. The minimum atomic E-state index is -0.580. The van der Waals surface area contributed by atoms with Crippen molar-refractivity contribution in [1.29, 1.82) is 0 Å². The van der Waals surface area contributed by atoms with Crippen molar-refractivity contribution in [1.82, 2.24) is 10.3 Å². The summed E-state index contributed by atoms with van der Waals surface area (Å²) in [5, 5.41) is 7.13. The Labute approximate surface area is 159 Å². The first kappa shape index (κ1) is 18.3. The number of aryl methyl sites for hydroxylation is 1. The molecule has 1 aromatic carbocycles. The van der Waals surface area contributed by atoms with Gasteiger partial charge >= 0.3 is 5.97 Å².